The zero-order valence-corrected chi connectivity index (χ0v) is 8.01. The van der Waals surface area contributed by atoms with Crippen LogP contribution in [0, 0.1) is 5.92 Å². The van der Waals surface area contributed by atoms with Gasteiger partial charge in [0, 0.05) is 0 Å². The lowest BCUT2D eigenvalue weighted by Crippen LogP contribution is -1.97. The van der Waals surface area contributed by atoms with Crippen LogP contribution in [0.15, 0.2) is 24.3 Å². The summed E-state index contributed by atoms with van der Waals surface area (Å²) in [6.45, 7) is 6.10. The Morgan fingerprint density at radius 1 is 1.27 bits per heavy atom. The Kier molecular flexibility index (Phi) is 7.23. The van der Waals surface area contributed by atoms with Crippen LogP contribution in [0.4, 0.5) is 0 Å². The summed E-state index contributed by atoms with van der Waals surface area (Å²) in [6, 6.07) is 0. The first-order valence-corrected chi connectivity index (χ1v) is 4.71. The van der Waals surface area contributed by atoms with Crippen molar-refractivity contribution in [1.29, 1.82) is 0 Å². The van der Waals surface area contributed by atoms with Crippen LogP contribution in [0.3, 0.4) is 0 Å². The van der Waals surface area contributed by atoms with Gasteiger partial charge < -0.3 is 0 Å². The van der Waals surface area contributed by atoms with E-state index in [1.807, 2.05) is 13.8 Å². The molecule has 0 aliphatic heterocycles. The third kappa shape index (κ3) is 4.83. The smallest absolute Gasteiger partial charge is 0.0196 e. The van der Waals surface area contributed by atoms with E-state index in [9.17, 15) is 0 Å². The summed E-state index contributed by atoms with van der Waals surface area (Å²) in [5, 5.41) is 0. The fourth-order valence-corrected chi connectivity index (χ4v) is 1.26. The maximum atomic E-state index is 2.31. The predicted octanol–water partition coefficient (Wildman–Crippen LogP) is 3.95. The molecule has 0 fully saturated rings. The van der Waals surface area contributed by atoms with Crippen molar-refractivity contribution >= 4 is 0 Å². The van der Waals surface area contributed by atoms with Gasteiger partial charge in [0.05, 0.1) is 0 Å². The van der Waals surface area contributed by atoms with Crippen LogP contribution in [0.2, 0.25) is 0 Å². The molecule has 64 valence electrons. The molecule has 0 spiro atoms. The molecule has 0 heterocycles. The first-order chi connectivity index (χ1) is 5.43. The number of hydrogen-bond acceptors (Lipinski definition) is 0. The van der Waals surface area contributed by atoms with Gasteiger partial charge in [0.25, 0.3) is 0 Å². The molecule has 1 rings (SSSR count). The Morgan fingerprint density at radius 3 is 2.45 bits per heavy atom. The second-order valence-corrected chi connectivity index (χ2v) is 2.57. The zero-order chi connectivity index (χ0) is 8.53. The lowest BCUT2D eigenvalue weighted by molar-refractivity contribution is 0.583. The summed E-state index contributed by atoms with van der Waals surface area (Å²) in [6.07, 6.45) is 12.9. The van der Waals surface area contributed by atoms with Gasteiger partial charge in [-0.25, -0.2) is 0 Å². The van der Waals surface area contributed by atoms with Crippen LogP contribution in [0.25, 0.3) is 0 Å². The zero-order valence-electron chi connectivity index (χ0n) is 8.01. The third-order valence-electron chi connectivity index (χ3n) is 1.77. The number of allylic oxidation sites excluding steroid dienone is 4. The summed E-state index contributed by atoms with van der Waals surface area (Å²) >= 11 is 0. The van der Waals surface area contributed by atoms with Gasteiger partial charge in [0.2, 0.25) is 0 Å². The lowest BCUT2D eigenvalue weighted by atomic mass is 9.94. The van der Waals surface area contributed by atoms with Crippen molar-refractivity contribution in [3.05, 3.63) is 24.3 Å². The highest BCUT2D eigenvalue weighted by Gasteiger charge is 2.03. The summed E-state index contributed by atoms with van der Waals surface area (Å²) in [7, 11) is 0. The first kappa shape index (κ1) is 10.5. The molecule has 0 N–H and O–H groups in total. The topological polar surface area (TPSA) is 0 Å². The highest BCUT2D eigenvalue weighted by Crippen LogP contribution is 2.18. The van der Waals surface area contributed by atoms with E-state index in [4.69, 9.17) is 0 Å². The molecule has 0 aromatic carbocycles. The highest BCUT2D eigenvalue weighted by atomic mass is 14.1. The fourth-order valence-electron chi connectivity index (χ4n) is 1.26. The van der Waals surface area contributed by atoms with E-state index >= 15 is 0 Å². The van der Waals surface area contributed by atoms with Crippen molar-refractivity contribution in [3.63, 3.8) is 0 Å². The molecule has 11 heavy (non-hydrogen) atoms. The van der Waals surface area contributed by atoms with Gasteiger partial charge in [-0.3, -0.25) is 0 Å². The van der Waals surface area contributed by atoms with Crippen LogP contribution in [-0.4, -0.2) is 0 Å². The van der Waals surface area contributed by atoms with Crippen molar-refractivity contribution in [2.75, 3.05) is 0 Å². The molecule has 1 aliphatic carbocycles. The molecule has 0 nitrogen and oxygen atoms in total. The predicted molar refractivity (Wildman–Crippen MR) is 52.6 cm³/mol. The minimum atomic E-state index is 0.833. The quantitative estimate of drug-likeness (QED) is 0.499. The largest absolute Gasteiger partial charge is 0.0914 e. The Morgan fingerprint density at radius 2 is 2.00 bits per heavy atom. The van der Waals surface area contributed by atoms with Crippen LogP contribution < -0.4 is 0 Å². The molecule has 1 aliphatic rings. The molecule has 0 bridgehead atoms. The monoisotopic (exact) mass is 152 g/mol. The molecular weight excluding hydrogens is 132 g/mol. The van der Waals surface area contributed by atoms with E-state index < -0.39 is 0 Å². The van der Waals surface area contributed by atoms with Crippen molar-refractivity contribution < 1.29 is 0 Å². The van der Waals surface area contributed by atoms with Gasteiger partial charge in [-0.2, -0.15) is 0 Å². The van der Waals surface area contributed by atoms with Gasteiger partial charge in [-0.15, -0.1) is 0 Å². The first-order valence-electron chi connectivity index (χ1n) is 4.71. The summed E-state index contributed by atoms with van der Waals surface area (Å²) in [5.74, 6) is 0.833. The molecule has 0 saturated heterocycles. The average molecular weight is 152 g/mol. The van der Waals surface area contributed by atoms with Gasteiger partial charge in [-0.1, -0.05) is 38.2 Å². The minimum Gasteiger partial charge on any atom is -0.0914 e. The number of hydrogen-bond donors (Lipinski definition) is 0. The molecular formula is C11H20. The Hall–Kier alpha value is -0.520. The van der Waals surface area contributed by atoms with Crippen molar-refractivity contribution in [2.45, 2.75) is 40.0 Å². The van der Waals surface area contributed by atoms with E-state index in [-0.39, 0.29) is 0 Å². The van der Waals surface area contributed by atoms with E-state index in [1.54, 1.807) is 0 Å². The van der Waals surface area contributed by atoms with E-state index in [1.165, 1.54) is 19.3 Å². The SMILES string of the molecule is C/C=C/C1CC=CCC1.CC. The van der Waals surface area contributed by atoms with E-state index in [2.05, 4.69) is 31.2 Å². The lowest BCUT2D eigenvalue weighted by Gasteiger charge is -2.11. The molecule has 1 unspecified atom stereocenters. The molecule has 0 radical (unpaired) electrons. The van der Waals surface area contributed by atoms with E-state index in [0.29, 0.717) is 0 Å². The normalized spacial score (nSPS) is 23.0. The molecule has 0 aromatic rings. The average Bonchev–Trinajstić information content (AvgIpc) is 2.11. The molecule has 0 amide bonds. The van der Waals surface area contributed by atoms with Gasteiger partial charge in [0.15, 0.2) is 0 Å². The molecule has 0 heteroatoms. The maximum absolute atomic E-state index is 2.31. The Balaban J connectivity index is 0.000000461. The van der Waals surface area contributed by atoms with Gasteiger partial charge in [0.1, 0.15) is 0 Å². The second kappa shape index (κ2) is 7.59. The molecule has 0 aromatic heterocycles. The Bertz CT molecular complexity index is 120. The minimum absolute atomic E-state index is 0.833. The molecule has 0 saturated carbocycles. The summed E-state index contributed by atoms with van der Waals surface area (Å²) < 4.78 is 0. The van der Waals surface area contributed by atoms with Crippen LogP contribution in [-0.2, 0) is 0 Å². The summed E-state index contributed by atoms with van der Waals surface area (Å²) in [5.41, 5.74) is 0. The van der Waals surface area contributed by atoms with Crippen molar-refractivity contribution in [2.24, 2.45) is 5.92 Å². The standard InChI is InChI=1S/C9H14.C2H6/c1-2-6-9-7-4-3-5-8-9;1-2/h2-4,6,9H,5,7-8H2,1H3;1-2H3/b6-2+;. The van der Waals surface area contributed by atoms with Crippen molar-refractivity contribution in [3.8, 4) is 0 Å². The van der Waals surface area contributed by atoms with Crippen LogP contribution in [0.1, 0.15) is 40.0 Å². The maximum Gasteiger partial charge on any atom is -0.0196 e. The molecule has 1 atom stereocenters. The van der Waals surface area contributed by atoms with Crippen LogP contribution >= 0.6 is 0 Å². The van der Waals surface area contributed by atoms with Crippen molar-refractivity contribution in [1.82, 2.24) is 0 Å². The summed E-state index contributed by atoms with van der Waals surface area (Å²) in [4.78, 5) is 0. The van der Waals surface area contributed by atoms with Gasteiger partial charge >= 0.3 is 0 Å². The van der Waals surface area contributed by atoms with Gasteiger partial charge in [-0.05, 0) is 32.1 Å². The number of rotatable bonds is 1. The Labute approximate surface area is 71.0 Å². The highest BCUT2D eigenvalue weighted by molar-refractivity contribution is 4.97. The van der Waals surface area contributed by atoms with Crippen LogP contribution in [0.5, 0.6) is 0 Å². The fraction of sp³-hybridized carbons (Fsp3) is 0.636. The third-order valence-corrected chi connectivity index (χ3v) is 1.77. The van der Waals surface area contributed by atoms with E-state index in [0.717, 1.165) is 5.92 Å². The second-order valence-electron chi connectivity index (χ2n) is 2.57.